The van der Waals surface area contributed by atoms with Gasteiger partial charge in [0.05, 0.1) is 5.92 Å². The average molecular weight is 488 g/mol. The zero-order valence-electron chi connectivity index (χ0n) is 19.0. The maximum Gasteiger partial charge on any atom is 0.248 e. The number of aryl methyl sites for hydroxylation is 2. The van der Waals surface area contributed by atoms with Crippen LogP contribution in [0.1, 0.15) is 29.9 Å². The van der Waals surface area contributed by atoms with E-state index in [1.54, 1.807) is 50.2 Å². The number of aromatic nitrogens is 1. The lowest BCUT2D eigenvalue weighted by molar-refractivity contribution is -0.120. The van der Waals surface area contributed by atoms with Crippen LogP contribution in [0.3, 0.4) is 0 Å². The quantitative estimate of drug-likeness (QED) is 0.540. The summed E-state index contributed by atoms with van der Waals surface area (Å²) in [5, 5.41) is 6.60. The van der Waals surface area contributed by atoms with Gasteiger partial charge in [-0.05, 0) is 56.5 Å². The number of piperidine rings is 1. The van der Waals surface area contributed by atoms with Gasteiger partial charge in [0, 0.05) is 24.8 Å². The summed E-state index contributed by atoms with van der Waals surface area (Å²) in [6.07, 6.45) is 1.15. The SMILES string of the molecule is Cc1noc(C)c1S(=O)(=O)N1CCCC(C(=O)Nc2cccc(OCc3cccc(F)c3)c2)C1. The van der Waals surface area contributed by atoms with Gasteiger partial charge in [-0.15, -0.1) is 0 Å². The molecule has 0 saturated carbocycles. The largest absolute Gasteiger partial charge is 0.489 e. The number of hydrogen-bond acceptors (Lipinski definition) is 6. The Hall–Kier alpha value is -3.24. The molecule has 1 amide bonds. The van der Waals surface area contributed by atoms with Crippen molar-refractivity contribution >= 4 is 21.6 Å². The van der Waals surface area contributed by atoms with Gasteiger partial charge in [-0.3, -0.25) is 4.79 Å². The first-order valence-electron chi connectivity index (χ1n) is 11.0. The molecule has 1 unspecified atom stereocenters. The Morgan fingerprint density at radius 1 is 1.24 bits per heavy atom. The van der Waals surface area contributed by atoms with Gasteiger partial charge >= 0.3 is 0 Å². The lowest BCUT2D eigenvalue weighted by Gasteiger charge is -2.31. The summed E-state index contributed by atoms with van der Waals surface area (Å²) in [6.45, 7) is 3.74. The van der Waals surface area contributed by atoms with Crippen molar-refractivity contribution in [2.24, 2.45) is 5.92 Å². The number of amides is 1. The van der Waals surface area contributed by atoms with E-state index in [1.807, 2.05) is 0 Å². The van der Waals surface area contributed by atoms with Gasteiger partial charge in [0.1, 0.15) is 28.8 Å². The summed E-state index contributed by atoms with van der Waals surface area (Å²) < 4.78 is 51.7. The first-order chi connectivity index (χ1) is 16.2. The second-order valence-electron chi connectivity index (χ2n) is 8.29. The lowest BCUT2D eigenvalue weighted by atomic mass is 9.98. The molecule has 1 atom stereocenters. The number of anilines is 1. The maximum atomic E-state index is 13.3. The molecule has 180 valence electrons. The number of halogens is 1. The Morgan fingerprint density at radius 3 is 2.76 bits per heavy atom. The Kier molecular flexibility index (Phi) is 6.99. The summed E-state index contributed by atoms with van der Waals surface area (Å²) in [5.74, 6) is -0.339. The number of rotatable bonds is 7. The molecule has 1 aliphatic heterocycles. The number of carbonyl (C=O) groups excluding carboxylic acids is 1. The Bertz CT molecular complexity index is 1270. The van der Waals surface area contributed by atoms with Gasteiger partial charge in [-0.2, -0.15) is 4.31 Å². The zero-order chi connectivity index (χ0) is 24.3. The molecule has 0 bridgehead atoms. The fraction of sp³-hybridized carbons (Fsp3) is 0.333. The molecule has 2 heterocycles. The van der Waals surface area contributed by atoms with Gasteiger partial charge < -0.3 is 14.6 Å². The molecule has 8 nitrogen and oxygen atoms in total. The van der Waals surface area contributed by atoms with Crippen LogP contribution in [0.15, 0.2) is 57.9 Å². The summed E-state index contributed by atoms with van der Waals surface area (Å²) in [5.41, 5.74) is 1.53. The van der Waals surface area contributed by atoms with Crippen molar-refractivity contribution in [2.45, 2.75) is 38.2 Å². The van der Waals surface area contributed by atoms with Crippen LogP contribution in [0.5, 0.6) is 5.75 Å². The number of nitrogens with zero attached hydrogens (tertiary/aromatic N) is 2. The molecule has 1 N–H and O–H groups in total. The number of benzene rings is 2. The van der Waals surface area contributed by atoms with Crippen LogP contribution in [-0.2, 0) is 21.4 Å². The van der Waals surface area contributed by atoms with Crippen LogP contribution in [-0.4, -0.2) is 36.9 Å². The summed E-state index contributed by atoms with van der Waals surface area (Å²) in [7, 11) is -3.81. The molecule has 0 aliphatic carbocycles. The van der Waals surface area contributed by atoms with Crippen molar-refractivity contribution in [1.29, 1.82) is 0 Å². The first kappa shape index (κ1) is 23.9. The summed E-state index contributed by atoms with van der Waals surface area (Å²) in [4.78, 5) is 13.0. The fourth-order valence-electron chi connectivity index (χ4n) is 4.05. The van der Waals surface area contributed by atoms with E-state index in [0.29, 0.717) is 42.1 Å². The van der Waals surface area contributed by atoms with Crippen LogP contribution < -0.4 is 10.1 Å². The van der Waals surface area contributed by atoms with Crippen molar-refractivity contribution in [3.8, 4) is 5.75 Å². The molecule has 1 aliphatic rings. The summed E-state index contributed by atoms with van der Waals surface area (Å²) in [6, 6.07) is 13.0. The van der Waals surface area contributed by atoms with Crippen molar-refractivity contribution in [1.82, 2.24) is 9.46 Å². The monoisotopic (exact) mass is 487 g/mol. The van der Waals surface area contributed by atoms with E-state index < -0.39 is 15.9 Å². The predicted octanol–water partition coefficient (Wildman–Crippen LogP) is 4.05. The van der Waals surface area contributed by atoms with E-state index in [-0.39, 0.29) is 35.5 Å². The highest BCUT2D eigenvalue weighted by molar-refractivity contribution is 7.89. The summed E-state index contributed by atoms with van der Waals surface area (Å²) >= 11 is 0. The van der Waals surface area contributed by atoms with E-state index >= 15 is 0 Å². The molecule has 4 rings (SSSR count). The third kappa shape index (κ3) is 5.28. The third-order valence-electron chi connectivity index (χ3n) is 5.72. The van der Waals surface area contributed by atoms with Crippen molar-refractivity contribution in [2.75, 3.05) is 18.4 Å². The van der Waals surface area contributed by atoms with E-state index in [4.69, 9.17) is 9.26 Å². The molecule has 1 fully saturated rings. The molecule has 0 spiro atoms. The minimum absolute atomic E-state index is 0.0664. The van der Waals surface area contributed by atoms with E-state index in [2.05, 4.69) is 10.5 Å². The van der Waals surface area contributed by atoms with Crippen LogP contribution in [0.4, 0.5) is 10.1 Å². The van der Waals surface area contributed by atoms with Gasteiger partial charge in [-0.1, -0.05) is 23.4 Å². The van der Waals surface area contributed by atoms with Crippen LogP contribution in [0, 0.1) is 25.6 Å². The minimum atomic E-state index is -3.81. The normalized spacial score (nSPS) is 16.9. The van der Waals surface area contributed by atoms with E-state index in [9.17, 15) is 17.6 Å². The van der Waals surface area contributed by atoms with Gasteiger partial charge in [0.15, 0.2) is 5.76 Å². The van der Waals surface area contributed by atoms with Gasteiger partial charge in [0.2, 0.25) is 15.9 Å². The molecule has 10 heteroatoms. The Morgan fingerprint density at radius 2 is 2.03 bits per heavy atom. The first-order valence-corrected chi connectivity index (χ1v) is 12.4. The van der Waals surface area contributed by atoms with Crippen LogP contribution >= 0.6 is 0 Å². The third-order valence-corrected chi connectivity index (χ3v) is 7.83. The predicted molar refractivity (Wildman–Crippen MR) is 123 cm³/mol. The molecule has 0 radical (unpaired) electrons. The van der Waals surface area contributed by atoms with Gasteiger partial charge in [0.25, 0.3) is 0 Å². The highest BCUT2D eigenvalue weighted by Gasteiger charge is 2.36. The second-order valence-corrected chi connectivity index (χ2v) is 10.2. The number of ether oxygens (including phenoxy) is 1. The standard InChI is InChI=1S/C24H26FN3O5S/c1-16-23(17(2)33-27-16)34(30,31)28-11-5-7-19(14-28)24(29)26-21-9-4-10-22(13-21)32-15-18-6-3-8-20(25)12-18/h3-4,6,8-10,12-13,19H,5,7,11,14-15H2,1-2H3,(H,26,29). The highest BCUT2D eigenvalue weighted by Crippen LogP contribution is 2.28. The maximum absolute atomic E-state index is 13.3. The molecular weight excluding hydrogens is 461 g/mol. The molecule has 1 aromatic heterocycles. The average Bonchev–Trinajstić information content (AvgIpc) is 3.16. The van der Waals surface area contributed by atoms with E-state index in [1.165, 1.54) is 16.4 Å². The van der Waals surface area contributed by atoms with Crippen LogP contribution in [0.25, 0.3) is 0 Å². The number of hydrogen-bond donors (Lipinski definition) is 1. The zero-order valence-corrected chi connectivity index (χ0v) is 19.8. The lowest BCUT2D eigenvalue weighted by Crippen LogP contribution is -2.43. The smallest absolute Gasteiger partial charge is 0.248 e. The van der Waals surface area contributed by atoms with E-state index in [0.717, 1.165) is 0 Å². The topological polar surface area (TPSA) is 102 Å². The number of carbonyl (C=O) groups is 1. The number of nitrogens with one attached hydrogen (secondary N) is 1. The van der Waals surface area contributed by atoms with Gasteiger partial charge in [-0.25, -0.2) is 12.8 Å². The second kappa shape index (κ2) is 9.94. The highest BCUT2D eigenvalue weighted by atomic mass is 32.2. The molecule has 3 aromatic rings. The minimum Gasteiger partial charge on any atom is -0.489 e. The number of sulfonamides is 1. The van der Waals surface area contributed by atoms with Crippen molar-refractivity contribution in [3.63, 3.8) is 0 Å². The van der Waals surface area contributed by atoms with Crippen LogP contribution in [0.2, 0.25) is 0 Å². The molecular formula is C24H26FN3O5S. The molecule has 2 aromatic carbocycles. The van der Waals surface area contributed by atoms with Crippen molar-refractivity contribution < 1.29 is 26.9 Å². The Labute approximate surface area is 197 Å². The molecule has 34 heavy (non-hydrogen) atoms. The molecule has 1 saturated heterocycles. The van der Waals surface area contributed by atoms with Crippen molar-refractivity contribution in [3.05, 3.63) is 71.4 Å². The Balaban J connectivity index is 1.40. The fourth-order valence-corrected chi connectivity index (χ4v) is 5.86.